The van der Waals surface area contributed by atoms with E-state index >= 15 is 0 Å². The van der Waals surface area contributed by atoms with Crippen LogP contribution in [0.15, 0.2) is 67.0 Å². The highest BCUT2D eigenvalue weighted by molar-refractivity contribution is 5.97. The molecule has 7 heteroatoms. The third-order valence-corrected chi connectivity index (χ3v) is 4.48. The minimum Gasteiger partial charge on any atom is -0.454 e. The van der Waals surface area contributed by atoms with Crippen LogP contribution in [0.4, 0.5) is 0 Å². The number of benzene rings is 2. The summed E-state index contributed by atoms with van der Waals surface area (Å²) in [5.74, 6) is 0.960. The number of pyridine rings is 1. The molecule has 0 saturated heterocycles. The highest BCUT2D eigenvalue weighted by Gasteiger charge is 2.14. The molecule has 0 spiro atoms. The molecule has 7 nitrogen and oxygen atoms in total. The second-order valence-corrected chi connectivity index (χ2v) is 6.49. The van der Waals surface area contributed by atoms with Crippen LogP contribution in [0.5, 0.6) is 11.5 Å². The average molecular weight is 389 g/mol. The lowest BCUT2D eigenvalue weighted by Crippen LogP contribution is -2.24. The van der Waals surface area contributed by atoms with Gasteiger partial charge in [-0.15, -0.1) is 0 Å². The first-order valence-corrected chi connectivity index (χ1v) is 9.13. The minimum absolute atomic E-state index is 0.207. The molecule has 1 aliphatic rings. The number of amides is 2. The summed E-state index contributed by atoms with van der Waals surface area (Å²) >= 11 is 0. The minimum atomic E-state index is -0.218. The van der Waals surface area contributed by atoms with Crippen LogP contribution in [0.3, 0.4) is 0 Å². The molecule has 0 fully saturated rings. The molecule has 0 saturated carbocycles. The Bertz CT molecular complexity index is 1020. The van der Waals surface area contributed by atoms with Crippen LogP contribution in [0.25, 0.3) is 0 Å². The summed E-state index contributed by atoms with van der Waals surface area (Å²) in [6.07, 6.45) is 3.38. The molecule has 0 atom stereocenters. The molecule has 2 amide bonds. The van der Waals surface area contributed by atoms with E-state index in [2.05, 4.69) is 15.6 Å². The third-order valence-electron chi connectivity index (χ3n) is 4.48. The number of nitrogens with zero attached hydrogens (tertiary/aromatic N) is 1. The number of aromatic nitrogens is 1. The zero-order chi connectivity index (χ0) is 20.1. The van der Waals surface area contributed by atoms with Gasteiger partial charge in [-0.25, -0.2) is 0 Å². The number of ether oxygens (including phenoxy) is 2. The van der Waals surface area contributed by atoms with Crippen molar-refractivity contribution in [1.82, 2.24) is 15.6 Å². The van der Waals surface area contributed by atoms with Crippen molar-refractivity contribution in [2.24, 2.45) is 0 Å². The number of carbonyl (C=O) groups excluding carboxylic acids is 2. The van der Waals surface area contributed by atoms with Crippen molar-refractivity contribution in [2.45, 2.75) is 13.1 Å². The van der Waals surface area contributed by atoms with Crippen LogP contribution < -0.4 is 20.1 Å². The predicted octanol–water partition coefficient (Wildman–Crippen LogP) is 2.67. The van der Waals surface area contributed by atoms with Crippen molar-refractivity contribution >= 4 is 11.8 Å². The fourth-order valence-electron chi connectivity index (χ4n) is 2.90. The van der Waals surface area contributed by atoms with Gasteiger partial charge in [0, 0.05) is 36.6 Å². The quantitative estimate of drug-likeness (QED) is 0.677. The van der Waals surface area contributed by atoms with Gasteiger partial charge in [0.25, 0.3) is 11.8 Å². The maximum absolute atomic E-state index is 12.4. The van der Waals surface area contributed by atoms with E-state index < -0.39 is 0 Å². The van der Waals surface area contributed by atoms with E-state index in [1.165, 1.54) is 0 Å². The molecule has 1 aliphatic heterocycles. The van der Waals surface area contributed by atoms with Gasteiger partial charge in [-0.2, -0.15) is 0 Å². The van der Waals surface area contributed by atoms with Gasteiger partial charge in [0.15, 0.2) is 11.5 Å². The Morgan fingerprint density at radius 3 is 2.14 bits per heavy atom. The van der Waals surface area contributed by atoms with Crippen molar-refractivity contribution in [1.29, 1.82) is 0 Å². The lowest BCUT2D eigenvalue weighted by molar-refractivity contribution is 0.0939. The molecule has 3 aromatic rings. The Balaban J connectivity index is 1.31. The van der Waals surface area contributed by atoms with Crippen LogP contribution in [-0.2, 0) is 13.1 Å². The molecule has 0 aliphatic carbocycles. The molecular formula is C22H19N3O4. The average Bonchev–Trinajstić information content (AvgIpc) is 3.24. The lowest BCUT2D eigenvalue weighted by atomic mass is 10.1. The number of fused-ring (bicyclic) bond motifs is 1. The van der Waals surface area contributed by atoms with Crippen molar-refractivity contribution in [3.63, 3.8) is 0 Å². The van der Waals surface area contributed by atoms with E-state index in [0.717, 1.165) is 11.1 Å². The number of nitrogens with one attached hydrogen (secondary N) is 2. The lowest BCUT2D eigenvalue weighted by Gasteiger charge is -2.08. The Labute approximate surface area is 167 Å². The highest BCUT2D eigenvalue weighted by atomic mass is 16.7. The van der Waals surface area contributed by atoms with Crippen molar-refractivity contribution < 1.29 is 19.1 Å². The molecule has 0 bridgehead atoms. The van der Waals surface area contributed by atoms with Crippen LogP contribution >= 0.6 is 0 Å². The van der Waals surface area contributed by atoms with Gasteiger partial charge in [-0.05, 0) is 53.6 Å². The molecule has 2 heterocycles. The Hall–Kier alpha value is -3.87. The zero-order valence-electron chi connectivity index (χ0n) is 15.6. The number of hydrogen-bond donors (Lipinski definition) is 2. The van der Waals surface area contributed by atoms with E-state index in [1.54, 1.807) is 36.7 Å². The van der Waals surface area contributed by atoms with Gasteiger partial charge >= 0.3 is 0 Å². The summed E-state index contributed by atoms with van der Waals surface area (Å²) < 4.78 is 10.6. The third kappa shape index (κ3) is 4.52. The number of carbonyl (C=O) groups is 2. The van der Waals surface area contributed by atoms with Crippen molar-refractivity contribution in [2.75, 3.05) is 6.79 Å². The Kier molecular flexibility index (Phi) is 5.38. The molecule has 2 aromatic carbocycles. The summed E-state index contributed by atoms with van der Waals surface area (Å²) in [6.45, 7) is 0.973. The predicted molar refractivity (Wildman–Crippen MR) is 106 cm³/mol. The molecular weight excluding hydrogens is 370 g/mol. The molecule has 29 heavy (non-hydrogen) atoms. The van der Waals surface area contributed by atoms with Crippen LogP contribution in [0, 0.1) is 0 Å². The highest BCUT2D eigenvalue weighted by Crippen LogP contribution is 2.32. The summed E-state index contributed by atoms with van der Waals surface area (Å²) in [7, 11) is 0. The van der Waals surface area contributed by atoms with Crippen molar-refractivity contribution in [3.8, 4) is 11.5 Å². The second-order valence-electron chi connectivity index (χ2n) is 6.49. The molecule has 0 unspecified atom stereocenters. The normalized spacial score (nSPS) is 11.7. The molecule has 146 valence electrons. The fourth-order valence-corrected chi connectivity index (χ4v) is 2.90. The first-order valence-electron chi connectivity index (χ1n) is 9.13. The Morgan fingerprint density at radius 2 is 1.48 bits per heavy atom. The first-order chi connectivity index (χ1) is 14.2. The van der Waals surface area contributed by atoms with Gasteiger partial charge in [0.2, 0.25) is 6.79 Å². The molecule has 2 N–H and O–H groups in total. The SMILES string of the molecule is O=C(NCc1cccnc1)c1ccc(C(=O)NCc2ccc3c(c2)OCO3)cc1. The van der Waals surface area contributed by atoms with E-state index in [-0.39, 0.29) is 18.6 Å². The topological polar surface area (TPSA) is 89.6 Å². The number of hydrogen-bond acceptors (Lipinski definition) is 5. The van der Waals surface area contributed by atoms with E-state index in [9.17, 15) is 9.59 Å². The Morgan fingerprint density at radius 1 is 0.828 bits per heavy atom. The van der Waals surface area contributed by atoms with Gasteiger partial charge in [0.05, 0.1) is 0 Å². The van der Waals surface area contributed by atoms with Gasteiger partial charge < -0.3 is 20.1 Å². The molecule has 1 aromatic heterocycles. The van der Waals surface area contributed by atoms with Crippen LogP contribution in [0.2, 0.25) is 0 Å². The number of rotatable bonds is 6. The van der Waals surface area contributed by atoms with Crippen molar-refractivity contribution in [3.05, 3.63) is 89.2 Å². The van der Waals surface area contributed by atoms with Gasteiger partial charge in [-0.1, -0.05) is 12.1 Å². The standard InChI is InChI=1S/C22H19N3O4/c26-21(24-12-15-3-8-19-20(10-15)29-14-28-19)17-4-6-18(7-5-17)22(27)25-13-16-2-1-9-23-11-16/h1-11H,12-14H2,(H,24,26)(H,25,27). The van der Waals surface area contributed by atoms with E-state index in [4.69, 9.17) is 9.47 Å². The smallest absolute Gasteiger partial charge is 0.251 e. The second kappa shape index (κ2) is 8.43. The zero-order valence-corrected chi connectivity index (χ0v) is 15.6. The summed E-state index contributed by atoms with van der Waals surface area (Å²) in [5.41, 5.74) is 2.80. The van der Waals surface area contributed by atoms with Gasteiger partial charge in [-0.3, -0.25) is 14.6 Å². The monoisotopic (exact) mass is 389 g/mol. The largest absolute Gasteiger partial charge is 0.454 e. The van der Waals surface area contributed by atoms with Crippen LogP contribution in [0.1, 0.15) is 31.8 Å². The van der Waals surface area contributed by atoms with Crippen LogP contribution in [-0.4, -0.2) is 23.6 Å². The van der Waals surface area contributed by atoms with E-state index in [0.29, 0.717) is 35.7 Å². The summed E-state index contributed by atoms with van der Waals surface area (Å²) in [6, 6.07) is 15.8. The maximum Gasteiger partial charge on any atom is 0.251 e. The maximum atomic E-state index is 12.4. The summed E-state index contributed by atoms with van der Waals surface area (Å²) in [4.78, 5) is 28.6. The first kappa shape index (κ1) is 18.5. The summed E-state index contributed by atoms with van der Waals surface area (Å²) in [5, 5.41) is 5.69. The van der Waals surface area contributed by atoms with Gasteiger partial charge in [0.1, 0.15) is 0 Å². The fraction of sp³-hybridized carbons (Fsp3) is 0.136. The molecule has 4 rings (SSSR count). The van der Waals surface area contributed by atoms with E-state index in [1.807, 2.05) is 30.3 Å². The molecule has 0 radical (unpaired) electrons.